The molecular formula is C13H17BrN2O2. The van der Waals surface area contributed by atoms with Gasteiger partial charge in [-0.25, -0.2) is 9.80 Å². The summed E-state index contributed by atoms with van der Waals surface area (Å²) in [5.74, 6) is -0.897. The van der Waals surface area contributed by atoms with Crippen molar-refractivity contribution < 1.29 is 9.90 Å². The van der Waals surface area contributed by atoms with E-state index in [9.17, 15) is 4.79 Å². The van der Waals surface area contributed by atoms with E-state index in [1.165, 1.54) is 19.3 Å². The van der Waals surface area contributed by atoms with E-state index in [0.29, 0.717) is 5.56 Å². The number of piperidine rings is 1. The van der Waals surface area contributed by atoms with Gasteiger partial charge in [0.05, 0.1) is 5.56 Å². The fraction of sp³-hybridized carbons (Fsp3) is 0.462. The molecule has 4 nitrogen and oxygen atoms in total. The molecule has 0 aliphatic carbocycles. The van der Waals surface area contributed by atoms with Crippen molar-refractivity contribution >= 4 is 21.9 Å². The third-order valence-electron chi connectivity index (χ3n) is 3.15. The molecule has 1 aromatic rings. The molecule has 2 rings (SSSR count). The van der Waals surface area contributed by atoms with Gasteiger partial charge in [0.1, 0.15) is 0 Å². The first-order valence-electron chi connectivity index (χ1n) is 6.17. The summed E-state index contributed by atoms with van der Waals surface area (Å²) in [5.41, 5.74) is 4.77. The molecule has 0 atom stereocenters. The number of aromatic carboxylic acids is 1. The Bertz CT molecular complexity index is 431. The minimum Gasteiger partial charge on any atom is -0.478 e. The minimum absolute atomic E-state index is 0.309. The number of rotatable bonds is 4. The highest BCUT2D eigenvalue weighted by atomic mass is 79.9. The number of halogens is 1. The molecule has 98 valence electrons. The Morgan fingerprint density at radius 3 is 2.67 bits per heavy atom. The van der Waals surface area contributed by atoms with Crippen LogP contribution in [0.2, 0.25) is 0 Å². The van der Waals surface area contributed by atoms with Crippen molar-refractivity contribution in [3.05, 3.63) is 33.8 Å². The SMILES string of the molecule is O=C(O)c1ccc(CNN2CCCCC2)c(Br)c1. The van der Waals surface area contributed by atoms with Gasteiger partial charge in [-0.2, -0.15) is 0 Å². The molecular weight excluding hydrogens is 296 g/mol. The van der Waals surface area contributed by atoms with Gasteiger partial charge in [-0.3, -0.25) is 5.43 Å². The van der Waals surface area contributed by atoms with Crippen LogP contribution in [0.5, 0.6) is 0 Å². The van der Waals surface area contributed by atoms with Gasteiger partial charge in [0, 0.05) is 24.1 Å². The number of nitrogens with zero attached hydrogens (tertiary/aromatic N) is 1. The lowest BCUT2D eigenvalue weighted by Crippen LogP contribution is -2.41. The Morgan fingerprint density at radius 1 is 1.33 bits per heavy atom. The van der Waals surface area contributed by atoms with E-state index in [1.807, 2.05) is 6.07 Å². The summed E-state index contributed by atoms with van der Waals surface area (Å²) in [5, 5.41) is 11.1. The summed E-state index contributed by atoms with van der Waals surface area (Å²) in [7, 11) is 0. The van der Waals surface area contributed by atoms with Crippen LogP contribution in [-0.2, 0) is 6.54 Å². The predicted molar refractivity (Wildman–Crippen MR) is 73.4 cm³/mol. The number of hydrogen-bond acceptors (Lipinski definition) is 3. The molecule has 1 heterocycles. The van der Waals surface area contributed by atoms with Crippen LogP contribution in [0.1, 0.15) is 35.2 Å². The largest absolute Gasteiger partial charge is 0.478 e. The van der Waals surface area contributed by atoms with Crippen molar-refractivity contribution in [1.29, 1.82) is 0 Å². The van der Waals surface area contributed by atoms with Crippen molar-refractivity contribution in [3.63, 3.8) is 0 Å². The smallest absolute Gasteiger partial charge is 0.335 e. The number of carbonyl (C=O) groups is 1. The predicted octanol–water partition coefficient (Wildman–Crippen LogP) is 2.64. The van der Waals surface area contributed by atoms with Crippen molar-refractivity contribution in [1.82, 2.24) is 10.4 Å². The molecule has 18 heavy (non-hydrogen) atoms. The maximum atomic E-state index is 10.8. The second kappa shape index (κ2) is 6.31. The van der Waals surface area contributed by atoms with Gasteiger partial charge in [-0.1, -0.05) is 28.4 Å². The lowest BCUT2D eigenvalue weighted by molar-refractivity contribution is 0.0697. The normalized spacial score (nSPS) is 16.7. The van der Waals surface area contributed by atoms with E-state index in [1.54, 1.807) is 12.1 Å². The van der Waals surface area contributed by atoms with E-state index < -0.39 is 5.97 Å². The third-order valence-corrected chi connectivity index (χ3v) is 3.89. The molecule has 0 aromatic heterocycles. The molecule has 0 bridgehead atoms. The molecule has 0 saturated carbocycles. The Balaban J connectivity index is 1.94. The van der Waals surface area contributed by atoms with E-state index in [0.717, 1.165) is 29.7 Å². The van der Waals surface area contributed by atoms with Gasteiger partial charge >= 0.3 is 5.97 Å². The first-order valence-corrected chi connectivity index (χ1v) is 6.96. The van der Waals surface area contributed by atoms with Gasteiger partial charge in [-0.15, -0.1) is 0 Å². The topological polar surface area (TPSA) is 52.6 Å². The standard InChI is InChI=1S/C13H17BrN2O2/c14-12-8-10(13(17)18)4-5-11(12)9-15-16-6-2-1-3-7-16/h4-5,8,15H,1-3,6-7,9H2,(H,17,18). The van der Waals surface area contributed by atoms with Crippen molar-refractivity contribution in [3.8, 4) is 0 Å². The summed E-state index contributed by atoms with van der Waals surface area (Å²) in [6.45, 7) is 2.90. The average molecular weight is 313 g/mol. The van der Waals surface area contributed by atoms with Crippen LogP contribution in [0.3, 0.4) is 0 Å². The second-order valence-electron chi connectivity index (χ2n) is 4.49. The zero-order valence-corrected chi connectivity index (χ0v) is 11.7. The summed E-state index contributed by atoms with van der Waals surface area (Å²) in [6.07, 6.45) is 3.80. The quantitative estimate of drug-likeness (QED) is 0.897. The molecule has 0 amide bonds. The van der Waals surface area contributed by atoms with Crippen molar-refractivity contribution in [2.45, 2.75) is 25.8 Å². The van der Waals surface area contributed by atoms with Gasteiger partial charge in [0.2, 0.25) is 0 Å². The zero-order valence-electron chi connectivity index (χ0n) is 10.2. The van der Waals surface area contributed by atoms with Crippen molar-refractivity contribution in [2.24, 2.45) is 0 Å². The lowest BCUT2D eigenvalue weighted by Gasteiger charge is -2.27. The second-order valence-corrected chi connectivity index (χ2v) is 5.35. The highest BCUT2D eigenvalue weighted by Gasteiger charge is 2.11. The van der Waals surface area contributed by atoms with E-state index >= 15 is 0 Å². The molecule has 0 spiro atoms. The highest BCUT2D eigenvalue weighted by Crippen LogP contribution is 2.19. The zero-order chi connectivity index (χ0) is 13.0. The minimum atomic E-state index is -0.897. The molecule has 1 fully saturated rings. The van der Waals surface area contributed by atoms with Crippen LogP contribution in [0.15, 0.2) is 22.7 Å². The number of benzene rings is 1. The average Bonchev–Trinajstić information content (AvgIpc) is 2.38. The van der Waals surface area contributed by atoms with E-state index in [2.05, 4.69) is 26.4 Å². The van der Waals surface area contributed by atoms with Gasteiger partial charge in [0.25, 0.3) is 0 Å². The molecule has 5 heteroatoms. The number of carboxylic acids is 1. The van der Waals surface area contributed by atoms with Gasteiger partial charge in [0.15, 0.2) is 0 Å². The van der Waals surface area contributed by atoms with Crippen LogP contribution < -0.4 is 5.43 Å². The monoisotopic (exact) mass is 312 g/mol. The van der Waals surface area contributed by atoms with Crippen LogP contribution in [0.4, 0.5) is 0 Å². The van der Waals surface area contributed by atoms with E-state index in [-0.39, 0.29) is 0 Å². The number of hydrazine groups is 1. The van der Waals surface area contributed by atoms with Gasteiger partial charge in [-0.05, 0) is 30.5 Å². The Labute approximate surface area is 115 Å². The molecule has 0 unspecified atom stereocenters. The van der Waals surface area contributed by atoms with Crippen LogP contribution in [0, 0.1) is 0 Å². The fourth-order valence-electron chi connectivity index (χ4n) is 2.07. The molecule has 2 N–H and O–H groups in total. The van der Waals surface area contributed by atoms with Crippen LogP contribution in [0.25, 0.3) is 0 Å². The molecule has 1 aromatic carbocycles. The maximum absolute atomic E-state index is 10.8. The summed E-state index contributed by atoms with van der Waals surface area (Å²) < 4.78 is 0.840. The van der Waals surface area contributed by atoms with E-state index in [4.69, 9.17) is 5.11 Å². The third kappa shape index (κ3) is 3.54. The molecule has 1 aliphatic rings. The Hall–Kier alpha value is -0.910. The van der Waals surface area contributed by atoms with Crippen LogP contribution >= 0.6 is 15.9 Å². The van der Waals surface area contributed by atoms with Crippen molar-refractivity contribution in [2.75, 3.05) is 13.1 Å². The number of hydrogen-bond donors (Lipinski definition) is 2. The summed E-state index contributed by atoms with van der Waals surface area (Å²) >= 11 is 3.42. The highest BCUT2D eigenvalue weighted by molar-refractivity contribution is 9.10. The Kier molecular flexibility index (Phi) is 4.74. The van der Waals surface area contributed by atoms with Crippen LogP contribution in [-0.4, -0.2) is 29.2 Å². The summed E-state index contributed by atoms with van der Waals surface area (Å²) in [4.78, 5) is 10.8. The fourth-order valence-corrected chi connectivity index (χ4v) is 2.59. The first-order chi connectivity index (χ1) is 8.66. The molecule has 1 aliphatic heterocycles. The lowest BCUT2D eigenvalue weighted by atomic mass is 10.1. The first kappa shape index (κ1) is 13.5. The maximum Gasteiger partial charge on any atom is 0.335 e. The number of carboxylic acid groups (broad SMARTS) is 1. The number of nitrogens with one attached hydrogen (secondary N) is 1. The molecule has 0 radical (unpaired) electrons. The van der Waals surface area contributed by atoms with Gasteiger partial charge < -0.3 is 5.11 Å². The molecule has 1 saturated heterocycles. The Morgan fingerprint density at radius 2 is 2.06 bits per heavy atom. The summed E-state index contributed by atoms with van der Waals surface area (Å²) in [6, 6.07) is 5.14.